The number of amides is 1. The Bertz CT molecular complexity index is 1310. The Hall–Kier alpha value is -3.59. The first-order valence-corrected chi connectivity index (χ1v) is 10.9. The van der Waals surface area contributed by atoms with Crippen LogP contribution in [-0.2, 0) is 17.9 Å². The number of fused-ring (bicyclic) bond motifs is 1. The summed E-state index contributed by atoms with van der Waals surface area (Å²) in [7, 11) is 0. The molecule has 0 aliphatic heterocycles. The van der Waals surface area contributed by atoms with E-state index >= 15 is 0 Å². The first kappa shape index (κ1) is 21.6. The minimum atomic E-state index is -0.366. The van der Waals surface area contributed by atoms with E-state index in [2.05, 4.69) is 20.3 Å². The third kappa shape index (κ3) is 5.17. The summed E-state index contributed by atoms with van der Waals surface area (Å²) in [5, 5.41) is 3.22. The van der Waals surface area contributed by atoms with Crippen molar-refractivity contribution in [2.24, 2.45) is 0 Å². The second-order valence-corrected chi connectivity index (χ2v) is 8.13. The molecule has 0 unspecified atom stereocenters. The molecule has 0 aliphatic rings. The summed E-state index contributed by atoms with van der Waals surface area (Å²) >= 11 is 1.14. The largest absolute Gasteiger partial charge is 0.351 e. The zero-order chi connectivity index (χ0) is 22.5. The summed E-state index contributed by atoms with van der Waals surface area (Å²) in [6.07, 6.45) is 2.89. The standard InChI is InChI=1S/C23H20FN5O2S/c1-15-2-4-16(5-3-15)12-27-19(30)14-32-23-28-21-20(25-10-11-26-21)22(31)29(23)13-17-6-8-18(24)9-7-17/h2-11H,12-14H2,1H3,(H,27,30). The van der Waals surface area contributed by atoms with Crippen LogP contribution in [0.25, 0.3) is 11.2 Å². The van der Waals surface area contributed by atoms with E-state index in [1.165, 1.54) is 29.1 Å². The highest BCUT2D eigenvalue weighted by Gasteiger charge is 2.15. The van der Waals surface area contributed by atoms with Crippen molar-refractivity contribution in [2.45, 2.75) is 25.2 Å². The second-order valence-electron chi connectivity index (χ2n) is 7.19. The van der Waals surface area contributed by atoms with Crippen LogP contribution in [0.4, 0.5) is 4.39 Å². The number of nitrogens with one attached hydrogen (secondary N) is 1. The van der Waals surface area contributed by atoms with Crippen molar-refractivity contribution in [1.82, 2.24) is 24.8 Å². The zero-order valence-corrected chi connectivity index (χ0v) is 18.1. The number of halogens is 1. The minimum Gasteiger partial charge on any atom is -0.351 e. The van der Waals surface area contributed by atoms with Gasteiger partial charge in [0.2, 0.25) is 5.91 Å². The van der Waals surface area contributed by atoms with Crippen LogP contribution in [0.2, 0.25) is 0 Å². The van der Waals surface area contributed by atoms with Gasteiger partial charge in [-0.1, -0.05) is 53.7 Å². The molecule has 32 heavy (non-hydrogen) atoms. The molecule has 0 saturated heterocycles. The Morgan fingerprint density at radius 3 is 2.47 bits per heavy atom. The van der Waals surface area contributed by atoms with Crippen molar-refractivity contribution >= 4 is 28.8 Å². The maximum absolute atomic E-state index is 13.3. The van der Waals surface area contributed by atoms with E-state index in [1.54, 1.807) is 12.1 Å². The number of aryl methyl sites for hydroxylation is 1. The molecule has 9 heteroatoms. The molecule has 162 valence electrons. The third-order valence-corrected chi connectivity index (χ3v) is 5.73. The molecular weight excluding hydrogens is 429 g/mol. The number of hydrogen-bond donors (Lipinski definition) is 1. The number of carbonyl (C=O) groups excluding carboxylic acids is 1. The highest BCUT2D eigenvalue weighted by Crippen LogP contribution is 2.18. The van der Waals surface area contributed by atoms with Crippen molar-refractivity contribution in [2.75, 3.05) is 5.75 Å². The van der Waals surface area contributed by atoms with Gasteiger partial charge in [-0.15, -0.1) is 0 Å². The molecule has 1 amide bonds. The fourth-order valence-corrected chi connectivity index (χ4v) is 3.86. The van der Waals surface area contributed by atoms with Gasteiger partial charge in [-0.25, -0.2) is 19.3 Å². The Labute approximate surface area is 187 Å². The maximum atomic E-state index is 13.3. The molecule has 0 bridgehead atoms. The van der Waals surface area contributed by atoms with Crippen LogP contribution in [0.15, 0.2) is 70.9 Å². The Kier molecular flexibility index (Phi) is 6.55. The summed E-state index contributed by atoms with van der Waals surface area (Å²) in [6.45, 7) is 2.59. The molecule has 0 saturated carbocycles. The lowest BCUT2D eigenvalue weighted by Crippen LogP contribution is -2.27. The molecule has 4 aromatic rings. The number of benzene rings is 2. The second kappa shape index (κ2) is 9.69. The lowest BCUT2D eigenvalue weighted by atomic mass is 10.1. The number of hydrogen-bond acceptors (Lipinski definition) is 6. The summed E-state index contributed by atoms with van der Waals surface area (Å²) < 4.78 is 14.7. The molecule has 0 aliphatic carbocycles. The third-order valence-electron chi connectivity index (χ3n) is 4.76. The average Bonchev–Trinajstić information content (AvgIpc) is 2.80. The lowest BCUT2D eigenvalue weighted by Gasteiger charge is -2.12. The van der Waals surface area contributed by atoms with E-state index in [-0.39, 0.29) is 40.7 Å². The van der Waals surface area contributed by atoms with E-state index in [0.29, 0.717) is 11.7 Å². The van der Waals surface area contributed by atoms with E-state index in [9.17, 15) is 14.0 Å². The molecular formula is C23H20FN5O2S. The molecule has 0 atom stereocenters. The normalized spacial score (nSPS) is 10.9. The molecule has 2 heterocycles. The van der Waals surface area contributed by atoms with Gasteiger partial charge in [-0.2, -0.15) is 0 Å². The first-order valence-electron chi connectivity index (χ1n) is 9.90. The highest BCUT2D eigenvalue weighted by atomic mass is 32.2. The van der Waals surface area contributed by atoms with Gasteiger partial charge in [0.15, 0.2) is 16.3 Å². The van der Waals surface area contributed by atoms with Gasteiger partial charge in [0.25, 0.3) is 5.56 Å². The van der Waals surface area contributed by atoms with Gasteiger partial charge in [-0.3, -0.25) is 14.2 Å². The highest BCUT2D eigenvalue weighted by molar-refractivity contribution is 7.99. The summed E-state index contributed by atoms with van der Waals surface area (Å²) in [6, 6.07) is 13.8. The van der Waals surface area contributed by atoms with Crippen LogP contribution < -0.4 is 10.9 Å². The molecule has 0 spiro atoms. The molecule has 2 aromatic heterocycles. The Morgan fingerprint density at radius 1 is 1.03 bits per heavy atom. The van der Waals surface area contributed by atoms with Crippen molar-refractivity contribution in [3.05, 3.63) is 93.8 Å². The van der Waals surface area contributed by atoms with E-state index in [4.69, 9.17) is 0 Å². The van der Waals surface area contributed by atoms with Crippen LogP contribution in [0.5, 0.6) is 0 Å². The van der Waals surface area contributed by atoms with Gasteiger partial charge in [0, 0.05) is 18.9 Å². The van der Waals surface area contributed by atoms with Crippen LogP contribution in [-0.4, -0.2) is 31.2 Å². The fourth-order valence-electron chi connectivity index (χ4n) is 3.04. The van der Waals surface area contributed by atoms with Crippen molar-refractivity contribution in [1.29, 1.82) is 0 Å². The molecule has 1 N–H and O–H groups in total. The molecule has 0 fully saturated rings. The van der Waals surface area contributed by atoms with Crippen molar-refractivity contribution in [3.63, 3.8) is 0 Å². The number of thioether (sulfide) groups is 1. The predicted molar refractivity (Wildman–Crippen MR) is 121 cm³/mol. The zero-order valence-electron chi connectivity index (χ0n) is 17.3. The first-order chi connectivity index (χ1) is 15.5. The number of carbonyl (C=O) groups is 1. The van der Waals surface area contributed by atoms with Gasteiger partial charge in [0.05, 0.1) is 12.3 Å². The molecule has 2 aromatic carbocycles. The summed E-state index contributed by atoms with van der Waals surface area (Å²) in [4.78, 5) is 38.1. The molecule has 4 rings (SSSR count). The number of aromatic nitrogens is 4. The van der Waals surface area contributed by atoms with Gasteiger partial charge in [-0.05, 0) is 30.2 Å². The van der Waals surface area contributed by atoms with E-state index in [0.717, 1.165) is 28.5 Å². The van der Waals surface area contributed by atoms with E-state index in [1.807, 2.05) is 31.2 Å². The Morgan fingerprint density at radius 2 is 1.72 bits per heavy atom. The number of rotatable bonds is 7. The predicted octanol–water partition coefficient (Wildman–Crippen LogP) is 3.09. The monoisotopic (exact) mass is 449 g/mol. The fraction of sp³-hybridized carbons (Fsp3) is 0.174. The Balaban J connectivity index is 1.53. The lowest BCUT2D eigenvalue weighted by molar-refractivity contribution is -0.118. The van der Waals surface area contributed by atoms with Crippen LogP contribution in [0, 0.1) is 12.7 Å². The average molecular weight is 450 g/mol. The van der Waals surface area contributed by atoms with Crippen molar-refractivity contribution < 1.29 is 9.18 Å². The van der Waals surface area contributed by atoms with Crippen LogP contribution in [0.3, 0.4) is 0 Å². The van der Waals surface area contributed by atoms with Crippen LogP contribution >= 0.6 is 11.8 Å². The van der Waals surface area contributed by atoms with Gasteiger partial charge < -0.3 is 5.32 Å². The summed E-state index contributed by atoms with van der Waals surface area (Å²) in [5.41, 5.74) is 2.87. The smallest absolute Gasteiger partial charge is 0.282 e. The SMILES string of the molecule is Cc1ccc(CNC(=O)CSc2nc3nccnc3c(=O)n2Cc2ccc(F)cc2)cc1. The minimum absolute atomic E-state index is 0.0769. The maximum Gasteiger partial charge on any atom is 0.282 e. The topological polar surface area (TPSA) is 89.8 Å². The van der Waals surface area contributed by atoms with Crippen LogP contribution in [0.1, 0.15) is 16.7 Å². The van der Waals surface area contributed by atoms with Gasteiger partial charge >= 0.3 is 0 Å². The van der Waals surface area contributed by atoms with Gasteiger partial charge in [0.1, 0.15) is 5.82 Å². The molecule has 7 nitrogen and oxygen atoms in total. The molecule has 0 radical (unpaired) electrons. The van der Waals surface area contributed by atoms with E-state index < -0.39 is 0 Å². The quantitative estimate of drug-likeness (QED) is 0.345. The number of nitrogens with zero attached hydrogens (tertiary/aromatic N) is 4. The summed E-state index contributed by atoms with van der Waals surface area (Å²) in [5.74, 6) is -0.464. The van der Waals surface area contributed by atoms with Crippen molar-refractivity contribution in [3.8, 4) is 0 Å².